The summed E-state index contributed by atoms with van der Waals surface area (Å²) in [5.41, 5.74) is 0. The van der Waals surface area contributed by atoms with Crippen molar-refractivity contribution in [3.05, 3.63) is 0 Å². The minimum absolute atomic E-state index is 0.135. The molecule has 0 radical (unpaired) electrons. The summed E-state index contributed by atoms with van der Waals surface area (Å²) in [7, 11) is 0. The van der Waals surface area contributed by atoms with Crippen molar-refractivity contribution >= 4 is 0 Å². The second-order valence-electron chi connectivity index (χ2n) is 5.89. The van der Waals surface area contributed by atoms with Crippen molar-refractivity contribution in [2.24, 2.45) is 0 Å². The summed E-state index contributed by atoms with van der Waals surface area (Å²) in [6, 6.07) is 0.840. The van der Waals surface area contributed by atoms with E-state index in [1.54, 1.807) is 0 Å². The van der Waals surface area contributed by atoms with Crippen LogP contribution in [0.4, 0.5) is 0 Å². The van der Waals surface area contributed by atoms with E-state index in [4.69, 9.17) is 0 Å². The molecule has 100 valence electrons. The number of aliphatic hydroxyl groups is 2. The zero-order valence-electron chi connectivity index (χ0n) is 11.0. The summed E-state index contributed by atoms with van der Waals surface area (Å²) in [6.45, 7) is 2.99. The van der Waals surface area contributed by atoms with Crippen molar-refractivity contribution in [1.82, 2.24) is 4.90 Å². The van der Waals surface area contributed by atoms with Crippen LogP contribution < -0.4 is 0 Å². The first-order chi connectivity index (χ1) is 8.18. The maximum atomic E-state index is 10.1. The van der Waals surface area contributed by atoms with Crippen LogP contribution in [-0.4, -0.2) is 45.9 Å². The van der Waals surface area contributed by atoms with E-state index in [0.29, 0.717) is 12.1 Å². The van der Waals surface area contributed by atoms with Crippen molar-refractivity contribution < 1.29 is 10.2 Å². The lowest BCUT2D eigenvalue weighted by Crippen LogP contribution is -2.47. The average Bonchev–Trinajstić information content (AvgIpc) is 2.56. The van der Waals surface area contributed by atoms with Gasteiger partial charge in [0.2, 0.25) is 0 Å². The highest BCUT2D eigenvalue weighted by molar-refractivity contribution is 4.90. The first kappa shape index (κ1) is 13.3. The number of nitrogens with zero attached hydrogens (tertiary/aromatic N) is 1. The Bertz CT molecular complexity index is 232. The normalized spacial score (nSPS) is 37.9. The van der Waals surface area contributed by atoms with Gasteiger partial charge in [0.1, 0.15) is 0 Å². The largest absolute Gasteiger partial charge is 0.393 e. The molecule has 1 saturated heterocycles. The fourth-order valence-corrected chi connectivity index (χ4v) is 3.59. The third kappa shape index (κ3) is 3.43. The quantitative estimate of drug-likeness (QED) is 0.793. The number of rotatable bonds is 3. The lowest BCUT2D eigenvalue weighted by Gasteiger charge is -2.37. The van der Waals surface area contributed by atoms with E-state index in [1.165, 1.54) is 25.7 Å². The standard InChI is InChI=1S/C14H27NO2/c1-11(16)10-12-6-3-2-4-9-15(12)13-7-5-8-14(13)17/h11-14,16-17H,2-10H2,1H3. The predicted molar refractivity (Wildman–Crippen MR) is 68.9 cm³/mol. The van der Waals surface area contributed by atoms with Crippen LogP contribution in [0.1, 0.15) is 58.3 Å². The molecule has 0 aromatic carbocycles. The molecule has 2 N–H and O–H groups in total. The molecular formula is C14H27NO2. The SMILES string of the molecule is CC(O)CC1CCCCCN1C1CCCC1O. The van der Waals surface area contributed by atoms with E-state index in [2.05, 4.69) is 4.90 Å². The van der Waals surface area contributed by atoms with Gasteiger partial charge in [-0.25, -0.2) is 0 Å². The average molecular weight is 241 g/mol. The summed E-state index contributed by atoms with van der Waals surface area (Å²) in [6.07, 6.45) is 8.77. The van der Waals surface area contributed by atoms with Crippen molar-refractivity contribution in [3.63, 3.8) is 0 Å². The highest BCUT2D eigenvalue weighted by atomic mass is 16.3. The van der Waals surface area contributed by atoms with Crippen molar-refractivity contribution in [2.75, 3.05) is 6.54 Å². The fraction of sp³-hybridized carbons (Fsp3) is 1.00. The summed E-state index contributed by atoms with van der Waals surface area (Å²) in [4.78, 5) is 2.51. The van der Waals surface area contributed by atoms with Gasteiger partial charge in [0, 0.05) is 12.1 Å². The van der Waals surface area contributed by atoms with Crippen LogP contribution in [0.3, 0.4) is 0 Å². The smallest absolute Gasteiger partial charge is 0.0695 e. The number of likely N-dealkylation sites (tertiary alicyclic amines) is 1. The van der Waals surface area contributed by atoms with Gasteiger partial charge in [-0.1, -0.05) is 12.8 Å². The van der Waals surface area contributed by atoms with Crippen LogP contribution in [0.25, 0.3) is 0 Å². The summed E-state index contributed by atoms with van der Waals surface area (Å²) in [5.74, 6) is 0. The van der Waals surface area contributed by atoms with Crippen LogP contribution in [0.5, 0.6) is 0 Å². The highest BCUT2D eigenvalue weighted by Gasteiger charge is 2.35. The minimum Gasteiger partial charge on any atom is -0.393 e. The van der Waals surface area contributed by atoms with Crippen molar-refractivity contribution in [1.29, 1.82) is 0 Å². The zero-order valence-corrected chi connectivity index (χ0v) is 11.0. The van der Waals surface area contributed by atoms with Crippen molar-refractivity contribution in [3.8, 4) is 0 Å². The minimum atomic E-state index is -0.223. The van der Waals surface area contributed by atoms with Gasteiger partial charge < -0.3 is 10.2 Å². The van der Waals surface area contributed by atoms with Crippen LogP contribution in [0.2, 0.25) is 0 Å². The molecule has 1 saturated carbocycles. The summed E-state index contributed by atoms with van der Waals surface area (Å²) in [5, 5.41) is 19.7. The van der Waals surface area contributed by atoms with E-state index >= 15 is 0 Å². The van der Waals surface area contributed by atoms with Crippen LogP contribution in [-0.2, 0) is 0 Å². The van der Waals surface area contributed by atoms with Gasteiger partial charge >= 0.3 is 0 Å². The Morgan fingerprint density at radius 2 is 1.94 bits per heavy atom. The Hall–Kier alpha value is -0.120. The monoisotopic (exact) mass is 241 g/mol. The maximum absolute atomic E-state index is 10.1. The number of aliphatic hydroxyl groups excluding tert-OH is 2. The van der Waals surface area contributed by atoms with E-state index < -0.39 is 0 Å². The van der Waals surface area contributed by atoms with Gasteiger partial charge in [-0.05, 0) is 52.0 Å². The first-order valence-electron chi connectivity index (χ1n) is 7.30. The van der Waals surface area contributed by atoms with Gasteiger partial charge in [0.25, 0.3) is 0 Å². The van der Waals surface area contributed by atoms with Crippen LogP contribution in [0, 0.1) is 0 Å². The van der Waals surface area contributed by atoms with Gasteiger partial charge in [-0.3, -0.25) is 4.90 Å². The van der Waals surface area contributed by atoms with Crippen LogP contribution >= 0.6 is 0 Å². The van der Waals surface area contributed by atoms with E-state index in [-0.39, 0.29) is 12.2 Å². The topological polar surface area (TPSA) is 43.7 Å². The Labute approximate surface area is 105 Å². The van der Waals surface area contributed by atoms with Gasteiger partial charge in [0.05, 0.1) is 12.2 Å². The molecule has 0 aromatic rings. The molecule has 0 spiro atoms. The Morgan fingerprint density at radius 3 is 2.59 bits per heavy atom. The second kappa shape index (κ2) is 6.17. The Kier molecular flexibility index (Phi) is 4.83. The lowest BCUT2D eigenvalue weighted by molar-refractivity contribution is 0.0270. The lowest BCUT2D eigenvalue weighted by atomic mass is 10.0. The highest BCUT2D eigenvalue weighted by Crippen LogP contribution is 2.30. The first-order valence-corrected chi connectivity index (χ1v) is 7.30. The molecule has 3 heteroatoms. The van der Waals surface area contributed by atoms with E-state index in [9.17, 15) is 10.2 Å². The molecule has 3 nitrogen and oxygen atoms in total. The van der Waals surface area contributed by atoms with Gasteiger partial charge in [0.15, 0.2) is 0 Å². The number of hydrogen-bond donors (Lipinski definition) is 2. The summed E-state index contributed by atoms with van der Waals surface area (Å²) >= 11 is 0. The molecule has 0 amide bonds. The van der Waals surface area contributed by atoms with E-state index in [1.807, 2.05) is 6.92 Å². The van der Waals surface area contributed by atoms with Crippen LogP contribution in [0.15, 0.2) is 0 Å². The molecule has 1 aliphatic carbocycles. The molecule has 0 aromatic heterocycles. The Morgan fingerprint density at radius 1 is 1.12 bits per heavy atom. The molecule has 4 atom stereocenters. The molecule has 17 heavy (non-hydrogen) atoms. The summed E-state index contributed by atoms with van der Waals surface area (Å²) < 4.78 is 0. The molecule has 1 heterocycles. The number of hydrogen-bond acceptors (Lipinski definition) is 3. The maximum Gasteiger partial charge on any atom is 0.0695 e. The van der Waals surface area contributed by atoms with Crippen molar-refractivity contribution in [2.45, 2.75) is 82.6 Å². The zero-order chi connectivity index (χ0) is 12.3. The molecule has 2 fully saturated rings. The molecule has 0 bridgehead atoms. The fourth-order valence-electron chi connectivity index (χ4n) is 3.59. The van der Waals surface area contributed by atoms with E-state index in [0.717, 1.165) is 32.2 Å². The van der Waals surface area contributed by atoms with Gasteiger partial charge in [-0.2, -0.15) is 0 Å². The molecule has 2 rings (SSSR count). The predicted octanol–water partition coefficient (Wildman–Crippen LogP) is 1.92. The van der Waals surface area contributed by atoms with Gasteiger partial charge in [-0.15, -0.1) is 0 Å². The molecule has 2 aliphatic rings. The molecular weight excluding hydrogens is 214 g/mol. The Balaban J connectivity index is 2.02. The second-order valence-corrected chi connectivity index (χ2v) is 5.89. The third-order valence-electron chi connectivity index (χ3n) is 4.41. The molecule has 4 unspecified atom stereocenters. The third-order valence-corrected chi connectivity index (χ3v) is 4.41. The molecule has 1 aliphatic heterocycles.